The first-order chi connectivity index (χ1) is 16.8. The molecule has 1 fully saturated rings. The standard InChI is InChI=1S/C25H29F2N7O/c1-15-21-22(31-25(15)35)28-14-29-24(21)33-8-6-16(7-9-33)23-30-20(13-34(23)11-10-32(2)3)17-4-5-18(26)19(27)12-17/h4-5,12-16H,6-11H2,1-3H3,(H,28,29,31,35). The van der Waals surface area contributed by atoms with Crippen LogP contribution in [0.3, 0.4) is 0 Å². The number of anilines is 2. The Balaban J connectivity index is 1.38. The molecule has 2 aromatic heterocycles. The van der Waals surface area contributed by atoms with Gasteiger partial charge in [-0.2, -0.15) is 0 Å². The van der Waals surface area contributed by atoms with Gasteiger partial charge in [0.15, 0.2) is 11.6 Å². The molecular formula is C25H29F2N7O. The van der Waals surface area contributed by atoms with Gasteiger partial charge in [-0.1, -0.05) is 0 Å². The zero-order valence-corrected chi connectivity index (χ0v) is 20.1. The predicted molar refractivity (Wildman–Crippen MR) is 129 cm³/mol. The van der Waals surface area contributed by atoms with Crippen molar-refractivity contribution in [1.82, 2.24) is 24.4 Å². The molecule has 0 saturated carbocycles. The van der Waals surface area contributed by atoms with E-state index in [9.17, 15) is 13.6 Å². The lowest BCUT2D eigenvalue weighted by atomic mass is 9.95. The Labute approximate surface area is 203 Å². The summed E-state index contributed by atoms with van der Waals surface area (Å²) in [5.74, 6) is 0.536. The number of hydrogen-bond acceptors (Lipinski definition) is 6. The maximum atomic E-state index is 13.9. The lowest BCUT2D eigenvalue weighted by molar-refractivity contribution is -0.116. The number of aromatic nitrogens is 4. The average molecular weight is 482 g/mol. The van der Waals surface area contributed by atoms with E-state index in [0.29, 0.717) is 17.1 Å². The van der Waals surface area contributed by atoms with Gasteiger partial charge in [-0.25, -0.2) is 23.7 Å². The van der Waals surface area contributed by atoms with Crippen molar-refractivity contribution >= 4 is 17.5 Å². The predicted octanol–water partition coefficient (Wildman–Crippen LogP) is 3.62. The fourth-order valence-corrected chi connectivity index (χ4v) is 4.88. The number of rotatable bonds is 6. The number of fused-ring (bicyclic) bond motifs is 1. The summed E-state index contributed by atoms with van der Waals surface area (Å²) in [4.78, 5) is 30.1. The maximum Gasteiger partial charge on any atom is 0.233 e. The number of likely N-dealkylation sites (N-methyl/N-ethyl adjacent to an activating group) is 1. The van der Waals surface area contributed by atoms with Gasteiger partial charge in [-0.05, 0) is 52.1 Å². The van der Waals surface area contributed by atoms with Crippen LogP contribution >= 0.6 is 0 Å². The monoisotopic (exact) mass is 481 g/mol. The SMILES string of the molecule is CC1C(=O)Nc2ncnc(N3CCC(c4nc(-c5ccc(F)c(F)c5)cn4CCN(C)C)CC3)c21. The van der Waals surface area contributed by atoms with Crippen molar-refractivity contribution in [2.24, 2.45) is 0 Å². The largest absolute Gasteiger partial charge is 0.356 e. The van der Waals surface area contributed by atoms with Crippen LogP contribution in [-0.2, 0) is 11.3 Å². The lowest BCUT2D eigenvalue weighted by Gasteiger charge is -2.33. The molecule has 1 unspecified atom stereocenters. The van der Waals surface area contributed by atoms with Crippen LogP contribution < -0.4 is 10.2 Å². The second kappa shape index (κ2) is 9.33. The summed E-state index contributed by atoms with van der Waals surface area (Å²) in [6, 6.07) is 3.91. The molecule has 3 aromatic rings. The Morgan fingerprint density at radius 3 is 2.63 bits per heavy atom. The Morgan fingerprint density at radius 2 is 1.91 bits per heavy atom. The molecule has 0 bridgehead atoms. The number of amides is 1. The molecule has 0 radical (unpaired) electrons. The number of carbonyl (C=O) groups excluding carboxylic acids is 1. The van der Waals surface area contributed by atoms with Gasteiger partial charge in [-0.3, -0.25) is 4.79 Å². The van der Waals surface area contributed by atoms with Crippen LogP contribution in [0.4, 0.5) is 20.4 Å². The average Bonchev–Trinajstić information content (AvgIpc) is 3.40. The van der Waals surface area contributed by atoms with Crippen molar-refractivity contribution in [2.45, 2.75) is 38.1 Å². The number of carbonyl (C=O) groups is 1. The second-order valence-electron chi connectivity index (χ2n) is 9.54. The first kappa shape index (κ1) is 23.3. The summed E-state index contributed by atoms with van der Waals surface area (Å²) in [7, 11) is 4.04. The number of piperidine rings is 1. The van der Waals surface area contributed by atoms with Crippen LogP contribution in [0, 0.1) is 11.6 Å². The molecule has 1 N–H and O–H groups in total. The van der Waals surface area contributed by atoms with Crippen molar-refractivity contribution in [3.8, 4) is 11.3 Å². The van der Waals surface area contributed by atoms with E-state index >= 15 is 0 Å². The second-order valence-corrected chi connectivity index (χ2v) is 9.54. The molecule has 8 nitrogen and oxygen atoms in total. The first-order valence-corrected chi connectivity index (χ1v) is 11.9. The third-order valence-electron chi connectivity index (χ3n) is 6.90. The van der Waals surface area contributed by atoms with Gasteiger partial charge < -0.3 is 19.7 Å². The highest BCUT2D eigenvalue weighted by atomic mass is 19.2. The van der Waals surface area contributed by atoms with E-state index in [1.54, 1.807) is 6.07 Å². The minimum atomic E-state index is -0.875. The zero-order valence-electron chi connectivity index (χ0n) is 20.1. The first-order valence-electron chi connectivity index (χ1n) is 11.9. The van der Waals surface area contributed by atoms with Crippen LogP contribution in [0.5, 0.6) is 0 Å². The van der Waals surface area contributed by atoms with Gasteiger partial charge in [0.25, 0.3) is 0 Å². The highest BCUT2D eigenvalue weighted by molar-refractivity contribution is 6.03. The summed E-state index contributed by atoms with van der Waals surface area (Å²) in [5, 5.41) is 2.83. The minimum Gasteiger partial charge on any atom is -0.356 e. The van der Waals surface area contributed by atoms with Crippen molar-refractivity contribution in [3.05, 3.63) is 53.7 Å². The molecule has 184 valence electrons. The van der Waals surface area contributed by atoms with Gasteiger partial charge in [0, 0.05) is 49.4 Å². The molecule has 5 rings (SSSR count). The molecule has 0 aliphatic carbocycles. The molecule has 1 amide bonds. The fourth-order valence-electron chi connectivity index (χ4n) is 4.88. The van der Waals surface area contributed by atoms with E-state index < -0.39 is 11.6 Å². The topological polar surface area (TPSA) is 79.2 Å². The molecule has 1 atom stereocenters. The number of benzene rings is 1. The molecule has 35 heavy (non-hydrogen) atoms. The number of halogens is 2. The molecule has 2 aliphatic rings. The quantitative estimate of drug-likeness (QED) is 0.580. The van der Waals surface area contributed by atoms with E-state index in [4.69, 9.17) is 4.98 Å². The third kappa shape index (κ3) is 4.50. The summed E-state index contributed by atoms with van der Waals surface area (Å²) in [5.41, 5.74) is 2.07. The molecule has 0 spiro atoms. The Bertz CT molecular complexity index is 1250. The third-order valence-corrected chi connectivity index (χ3v) is 6.90. The number of nitrogens with one attached hydrogen (secondary N) is 1. The number of hydrogen-bond donors (Lipinski definition) is 1. The van der Waals surface area contributed by atoms with Gasteiger partial charge in [0.2, 0.25) is 5.91 Å². The molecule has 4 heterocycles. The molecule has 2 aliphatic heterocycles. The van der Waals surface area contributed by atoms with Crippen molar-refractivity contribution in [2.75, 3.05) is 43.9 Å². The van der Waals surface area contributed by atoms with Gasteiger partial charge in [-0.15, -0.1) is 0 Å². The van der Waals surface area contributed by atoms with Gasteiger partial charge >= 0.3 is 0 Å². The van der Waals surface area contributed by atoms with Gasteiger partial charge in [0.1, 0.15) is 23.8 Å². The smallest absolute Gasteiger partial charge is 0.233 e. The molecular weight excluding hydrogens is 452 g/mol. The van der Waals surface area contributed by atoms with E-state index in [0.717, 1.165) is 62.3 Å². The Hall–Kier alpha value is -3.40. The minimum absolute atomic E-state index is 0.0516. The fraction of sp³-hybridized carbons (Fsp3) is 0.440. The Morgan fingerprint density at radius 1 is 1.14 bits per heavy atom. The van der Waals surface area contributed by atoms with Gasteiger partial charge in [0.05, 0.1) is 11.6 Å². The van der Waals surface area contributed by atoms with E-state index in [1.165, 1.54) is 12.4 Å². The number of imidazole rings is 1. The summed E-state index contributed by atoms with van der Waals surface area (Å²) >= 11 is 0. The maximum absolute atomic E-state index is 13.9. The summed E-state index contributed by atoms with van der Waals surface area (Å²) < 4.78 is 29.5. The highest BCUT2D eigenvalue weighted by Gasteiger charge is 2.34. The van der Waals surface area contributed by atoms with Crippen LogP contribution in [0.25, 0.3) is 11.3 Å². The normalized spacial score (nSPS) is 18.3. The number of nitrogens with zero attached hydrogens (tertiary/aromatic N) is 6. The lowest BCUT2D eigenvalue weighted by Crippen LogP contribution is -2.35. The molecule has 1 aromatic carbocycles. The van der Waals surface area contributed by atoms with Crippen molar-refractivity contribution in [1.29, 1.82) is 0 Å². The highest BCUT2D eigenvalue weighted by Crippen LogP contribution is 2.39. The molecule has 1 saturated heterocycles. The van der Waals surface area contributed by atoms with E-state index in [1.807, 2.05) is 27.2 Å². The summed E-state index contributed by atoms with van der Waals surface area (Å²) in [6.45, 7) is 5.02. The van der Waals surface area contributed by atoms with Crippen molar-refractivity contribution in [3.63, 3.8) is 0 Å². The van der Waals surface area contributed by atoms with Crippen LogP contribution in [0.15, 0.2) is 30.7 Å². The van der Waals surface area contributed by atoms with Crippen LogP contribution in [0.2, 0.25) is 0 Å². The molecule has 10 heteroatoms. The van der Waals surface area contributed by atoms with Crippen LogP contribution in [0.1, 0.15) is 43.0 Å². The zero-order chi connectivity index (χ0) is 24.7. The van der Waals surface area contributed by atoms with E-state index in [2.05, 4.69) is 29.7 Å². The van der Waals surface area contributed by atoms with Crippen molar-refractivity contribution < 1.29 is 13.6 Å². The van der Waals surface area contributed by atoms with E-state index in [-0.39, 0.29) is 17.7 Å². The van der Waals surface area contributed by atoms with Crippen LogP contribution in [-0.4, -0.2) is 64.1 Å². The Kier molecular flexibility index (Phi) is 6.22. The summed E-state index contributed by atoms with van der Waals surface area (Å²) in [6.07, 6.45) is 5.17.